The van der Waals surface area contributed by atoms with E-state index in [4.69, 9.17) is 17.3 Å². The molecule has 27 heavy (non-hydrogen) atoms. The van der Waals surface area contributed by atoms with Crippen LogP contribution in [-0.2, 0) is 4.79 Å². The van der Waals surface area contributed by atoms with Gasteiger partial charge in [-0.2, -0.15) is 0 Å². The van der Waals surface area contributed by atoms with Crippen LogP contribution in [-0.4, -0.2) is 34.3 Å². The maximum atomic E-state index is 13.4. The lowest BCUT2D eigenvalue weighted by Gasteiger charge is -2.25. The number of halogens is 1. The van der Waals surface area contributed by atoms with E-state index in [0.717, 1.165) is 28.3 Å². The van der Waals surface area contributed by atoms with Crippen LogP contribution in [0.4, 0.5) is 0 Å². The number of rotatable bonds is 3. The van der Waals surface area contributed by atoms with E-state index in [9.17, 15) is 9.59 Å². The van der Waals surface area contributed by atoms with Crippen LogP contribution in [0.5, 0.6) is 0 Å². The first-order valence-corrected chi connectivity index (χ1v) is 10.4. The van der Waals surface area contributed by atoms with Gasteiger partial charge in [-0.3, -0.25) is 9.59 Å². The topological polar surface area (TPSA) is 76.3 Å². The maximum absolute atomic E-state index is 13.4. The summed E-state index contributed by atoms with van der Waals surface area (Å²) in [4.78, 5) is 32.5. The average molecular weight is 404 g/mol. The number of nitrogens with zero attached hydrogens (tertiary/aromatic N) is 2. The number of likely N-dealkylation sites (tertiary alicyclic amines) is 1. The molecule has 5 nitrogen and oxygen atoms in total. The average Bonchev–Trinajstić information content (AvgIpc) is 3.25. The molecular formula is C20H22ClN3O2S. The molecule has 1 aliphatic carbocycles. The van der Waals surface area contributed by atoms with Gasteiger partial charge < -0.3 is 10.6 Å². The fourth-order valence-electron chi connectivity index (χ4n) is 4.75. The number of fused-ring (bicyclic) bond motifs is 1. The minimum atomic E-state index is -0.540. The molecule has 0 radical (unpaired) electrons. The van der Waals surface area contributed by atoms with E-state index in [-0.39, 0.29) is 11.8 Å². The zero-order valence-corrected chi connectivity index (χ0v) is 16.9. The van der Waals surface area contributed by atoms with Gasteiger partial charge in [-0.15, -0.1) is 11.3 Å². The monoisotopic (exact) mass is 403 g/mol. The third-order valence-corrected chi connectivity index (χ3v) is 6.99. The van der Waals surface area contributed by atoms with Crippen LogP contribution in [0, 0.1) is 24.7 Å². The Morgan fingerprint density at radius 1 is 1.33 bits per heavy atom. The highest BCUT2D eigenvalue weighted by molar-refractivity contribution is 7.15. The number of carbonyl (C=O) groups is 2. The number of hydrogen-bond acceptors (Lipinski definition) is 4. The molecule has 2 N–H and O–H groups in total. The van der Waals surface area contributed by atoms with E-state index in [1.165, 1.54) is 11.3 Å². The molecule has 1 aromatic carbocycles. The molecule has 0 spiro atoms. The summed E-state index contributed by atoms with van der Waals surface area (Å²) in [5.41, 5.74) is 6.96. The second kappa shape index (κ2) is 6.91. The molecule has 7 heteroatoms. The number of nitrogens with two attached hydrogens (primary N) is 1. The quantitative estimate of drug-likeness (QED) is 0.847. The Morgan fingerprint density at radius 2 is 2.11 bits per heavy atom. The summed E-state index contributed by atoms with van der Waals surface area (Å²) in [6.07, 6.45) is 1.98. The van der Waals surface area contributed by atoms with Crippen molar-refractivity contribution in [1.29, 1.82) is 0 Å². The van der Waals surface area contributed by atoms with Crippen LogP contribution in [0.15, 0.2) is 24.3 Å². The summed E-state index contributed by atoms with van der Waals surface area (Å²) in [5.74, 6) is 0.454. The van der Waals surface area contributed by atoms with Crippen molar-refractivity contribution in [3.8, 4) is 10.4 Å². The van der Waals surface area contributed by atoms with E-state index in [0.29, 0.717) is 29.1 Å². The molecule has 2 amide bonds. The van der Waals surface area contributed by atoms with Gasteiger partial charge in [0.25, 0.3) is 5.91 Å². The van der Waals surface area contributed by atoms with Crippen LogP contribution in [0.3, 0.4) is 0 Å². The molecule has 0 bridgehead atoms. The maximum Gasteiger partial charge on any atom is 0.274 e. The van der Waals surface area contributed by atoms with Gasteiger partial charge in [0.05, 0.1) is 9.88 Å². The Labute approximate surface area is 167 Å². The summed E-state index contributed by atoms with van der Waals surface area (Å²) < 4.78 is 0. The number of hydrogen-bond donors (Lipinski definition) is 1. The largest absolute Gasteiger partial charge is 0.368 e. The lowest BCUT2D eigenvalue weighted by Crippen LogP contribution is -2.46. The first kappa shape index (κ1) is 18.4. The van der Waals surface area contributed by atoms with Gasteiger partial charge in [0.15, 0.2) is 0 Å². The Kier molecular flexibility index (Phi) is 4.72. The first-order chi connectivity index (χ1) is 12.8. The minimum absolute atomic E-state index is 0.163. The van der Waals surface area contributed by atoms with Gasteiger partial charge in [-0.05, 0) is 55.2 Å². The second-order valence-electron chi connectivity index (χ2n) is 7.73. The van der Waals surface area contributed by atoms with Crippen LogP contribution in [0.25, 0.3) is 10.4 Å². The van der Waals surface area contributed by atoms with E-state index in [1.807, 2.05) is 25.1 Å². The number of carbonyl (C=O) groups excluding carboxylic acids is 2. The summed E-state index contributed by atoms with van der Waals surface area (Å²) in [7, 11) is 0. The fourth-order valence-corrected chi connectivity index (χ4v) is 5.84. The summed E-state index contributed by atoms with van der Waals surface area (Å²) in [6, 6.07) is 6.86. The third kappa shape index (κ3) is 3.25. The number of primary amides is 1. The molecule has 2 aliphatic rings. The minimum Gasteiger partial charge on any atom is -0.368 e. The van der Waals surface area contributed by atoms with E-state index in [2.05, 4.69) is 11.9 Å². The van der Waals surface area contributed by atoms with Crippen molar-refractivity contribution in [1.82, 2.24) is 9.88 Å². The molecule has 2 heterocycles. The predicted octanol–water partition coefficient (Wildman–Crippen LogP) is 3.74. The zero-order valence-electron chi connectivity index (χ0n) is 15.3. The van der Waals surface area contributed by atoms with Gasteiger partial charge >= 0.3 is 0 Å². The molecule has 2 aromatic rings. The van der Waals surface area contributed by atoms with Gasteiger partial charge in [0.1, 0.15) is 11.7 Å². The van der Waals surface area contributed by atoms with Crippen molar-refractivity contribution in [3.05, 3.63) is 40.0 Å². The molecule has 1 saturated carbocycles. The normalized spacial score (nSPS) is 27.0. The van der Waals surface area contributed by atoms with Gasteiger partial charge in [-0.1, -0.05) is 30.7 Å². The molecule has 1 unspecified atom stereocenters. The standard InChI is InChI=1S/C20H22ClN3O2S/c1-10-6-13-9-24(17(19(22)25)15(13)7-10)20(26)16-18(27-11(2)23-16)12-4-3-5-14(21)8-12/h3-5,8,10,13,15,17H,6-7,9H2,1-2H3,(H2,22,25)/t10?,13-,15-,17-/m0/s1. The number of amides is 2. The third-order valence-electron chi connectivity index (χ3n) is 5.73. The Bertz CT molecular complexity index is 912. The van der Waals surface area contributed by atoms with Crippen LogP contribution >= 0.6 is 22.9 Å². The van der Waals surface area contributed by atoms with Crippen LogP contribution in [0.2, 0.25) is 5.02 Å². The van der Waals surface area contributed by atoms with E-state index in [1.54, 1.807) is 11.0 Å². The number of aryl methyl sites for hydroxylation is 1. The van der Waals surface area contributed by atoms with Crippen molar-refractivity contribution in [3.63, 3.8) is 0 Å². The smallest absolute Gasteiger partial charge is 0.274 e. The molecule has 1 aliphatic heterocycles. The molecular weight excluding hydrogens is 382 g/mol. The summed E-state index contributed by atoms with van der Waals surface area (Å²) >= 11 is 7.59. The Balaban J connectivity index is 1.70. The fraction of sp³-hybridized carbons (Fsp3) is 0.450. The molecule has 142 valence electrons. The van der Waals surface area contributed by atoms with Crippen molar-refractivity contribution in [2.75, 3.05) is 6.54 Å². The molecule has 4 atom stereocenters. The highest BCUT2D eigenvalue weighted by Crippen LogP contribution is 2.46. The van der Waals surface area contributed by atoms with Gasteiger partial charge in [-0.25, -0.2) is 4.98 Å². The summed E-state index contributed by atoms with van der Waals surface area (Å²) in [6.45, 7) is 4.65. The molecule has 4 rings (SSSR count). The van der Waals surface area contributed by atoms with Crippen LogP contribution in [0.1, 0.15) is 35.3 Å². The SMILES string of the molecule is Cc1nc(C(=O)N2C[C@@H]3CC(C)C[C@@H]3[C@H]2C(N)=O)c(-c2cccc(Cl)c2)s1. The van der Waals surface area contributed by atoms with Crippen LogP contribution < -0.4 is 5.73 Å². The Hall–Kier alpha value is -1.92. The zero-order chi connectivity index (χ0) is 19.3. The van der Waals surface area contributed by atoms with Crippen molar-refractivity contribution >= 4 is 34.8 Å². The van der Waals surface area contributed by atoms with Crippen molar-refractivity contribution < 1.29 is 9.59 Å². The number of thiazole rings is 1. The summed E-state index contributed by atoms with van der Waals surface area (Å²) in [5, 5.41) is 1.41. The van der Waals surface area contributed by atoms with Gasteiger partial charge in [0.2, 0.25) is 5.91 Å². The first-order valence-electron chi connectivity index (χ1n) is 9.18. The molecule has 1 saturated heterocycles. The predicted molar refractivity (Wildman–Crippen MR) is 107 cm³/mol. The van der Waals surface area contributed by atoms with E-state index >= 15 is 0 Å². The number of benzene rings is 1. The number of aromatic nitrogens is 1. The van der Waals surface area contributed by atoms with Crippen molar-refractivity contribution in [2.45, 2.75) is 32.7 Å². The Morgan fingerprint density at radius 3 is 2.81 bits per heavy atom. The van der Waals surface area contributed by atoms with E-state index < -0.39 is 11.9 Å². The lowest BCUT2D eigenvalue weighted by atomic mass is 9.93. The lowest BCUT2D eigenvalue weighted by molar-refractivity contribution is -0.122. The van der Waals surface area contributed by atoms with Gasteiger partial charge in [0, 0.05) is 11.6 Å². The highest BCUT2D eigenvalue weighted by atomic mass is 35.5. The molecule has 2 fully saturated rings. The van der Waals surface area contributed by atoms with Crippen molar-refractivity contribution in [2.24, 2.45) is 23.5 Å². The highest BCUT2D eigenvalue weighted by Gasteiger charge is 2.51. The second-order valence-corrected chi connectivity index (χ2v) is 9.37. The molecule has 1 aromatic heterocycles.